The Hall–Kier alpha value is -0.680. The van der Waals surface area contributed by atoms with Gasteiger partial charge in [-0.1, -0.05) is 0 Å². The zero-order chi connectivity index (χ0) is 10.6. The van der Waals surface area contributed by atoms with Crippen molar-refractivity contribution in [3.63, 3.8) is 0 Å². The van der Waals surface area contributed by atoms with Crippen molar-refractivity contribution in [2.24, 2.45) is 7.05 Å². The van der Waals surface area contributed by atoms with E-state index in [1.54, 1.807) is 6.26 Å². The standard InChI is InChI=1S/C9H17N3OS/c1-8-9(7-11-12(8)2)6-10-4-5-14(3)13/h7,10H,4-6H2,1-3H3. The van der Waals surface area contributed by atoms with Crippen molar-refractivity contribution < 1.29 is 4.21 Å². The molecule has 1 unspecified atom stereocenters. The number of aryl methyl sites for hydroxylation is 1. The molecular weight excluding hydrogens is 198 g/mol. The number of hydrogen-bond donors (Lipinski definition) is 1. The van der Waals surface area contributed by atoms with Crippen molar-refractivity contribution in [3.8, 4) is 0 Å². The first-order chi connectivity index (χ1) is 6.61. The fraction of sp³-hybridized carbons (Fsp3) is 0.667. The minimum Gasteiger partial charge on any atom is -0.312 e. The third kappa shape index (κ3) is 3.23. The van der Waals surface area contributed by atoms with Crippen LogP contribution in [0.2, 0.25) is 0 Å². The summed E-state index contributed by atoms with van der Waals surface area (Å²) in [5, 5.41) is 7.39. The minimum atomic E-state index is -0.707. The van der Waals surface area contributed by atoms with Gasteiger partial charge in [-0.3, -0.25) is 8.89 Å². The summed E-state index contributed by atoms with van der Waals surface area (Å²) in [5.41, 5.74) is 2.38. The van der Waals surface area contributed by atoms with Gasteiger partial charge in [0.1, 0.15) is 0 Å². The van der Waals surface area contributed by atoms with Gasteiger partial charge in [0.05, 0.1) is 6.20 Å². The van der Waals surface area contributed by atoms with Crippen LogP contribution in [0.1, 0.15) is 11.3 Å². The summed E-state index contributed by atoms with van der Waals surface area (Å²) < 4.78 is 12.6. The molecule has 5 heteroatoms. The summed E-state index contributed by atoms with van der Waals surface area (Å²) in [6.45, 7) is 3.64. The molecule has 0 aliphatic rings. The predicted octanol–water partition coefficient (Wildman–Crippen LogP) is 0.197. The average Bonchev–Trinajstić information content (AvgIpc) is 2.43. The van der Waals surface area contributed by atoms with Crippen LogP contribution in [0.25, 0.3) is 0 Å². The molecule has 1 rings (SSSR count). The maximum Gasteiger partial charge on any atom is 0.0537 e. The Morgan fingerprint density at radius 1 is 1.64 bits per heavy atom. The van der Waals surface area contributed by atoms with E-state index in [2.05, 4.69) is 10.4 Å². The molecule has 1 aromatic heterocycles. The third-order valence-electron chi connectivity index (χ3n) is 2.22. The fourth-order valence-corrected chi connectivity index (χ4v) is 1.59. The van der Waals surface area contributed by atoms with Gasteiger partial charge >= 0.3 is 0 Å². The van der Waals surface area contributed by atoms with Crippen LogP contribution in [0.5, 0.6) is 0 Å². The molecule has 4 nitrogen and oxygen atoms in total. The summed E-state index contributed by atoms with van der Waals surface area (Å²) in [5.74, 6) is 0.708. The summed E-state index contributed by atoms with van der Waals surface area (Å²) in [7, 11) is 1.22. The Bertz CT molecular complexity index is 322. The second-order valence-electron chi connectivity index (χ2n) is 3.33. The van der Waals surface area contributed by atoms with E-state index in [4.69, 9.17) is 0 Å². The van der Waals surface area contributed by atoms with E-state index in [0.717, 1.165) is 13.1 Å². The third-order valence-corrected chi connectivity index (χ3v) is 3.00. The first kappa shape index (κ1) is 11.4. The van der Waals surface area contributed by atoms with Gasteiger partial charge in [0.25, 0.3) is 0 Å². The molecule has 1 heterocycles. The molecule has 0 aliphatic carbocycles. The van der Waals surface area contributed by atoms with Crippen LogP contribution in [-0.2, 0) is 24.4 Å². The molecule has 80 valence electrons. The van der Waals surface area contributed by atoms with Gasteiger partial charge in [-0.05, 0) is 6.92 Å². The highest BCUT2D eigenvalue weighted by Gasteiger charge is 2.02. The monoisotopic (exact) mass is 215 g/mol. The van der Waals surface area contributed by atoms with E-state index in [-0.39, 0.29) is 0 Å². The van der Waals surface area contributed by atoms with Crippen molar-refractivity contribution in [2.45, 2.75) is 13.5 Å². The Kier molecular flexibility index (Phi) is 4.28. The molecule has 1 N–H and O–H groups in total. The molecule has 0 aromatic carbocycles. The van der Waals surface area contributed by atoms with Gasteiger partial charge < -0.3 is 5.32 Å². The smallest absolute Gasteiger partial charge is 0.0537 e. The maximum atomic E-state index is 10.8. The quantitative estimate of drug-likeness (QED) is 0.714. The van der Waals surface area contributed by atoms with Crippen molar-refractivity contribution in [1.29, 1.82) is 0 Å². The molecule has 0 bridgehead atoms. The summed E-state index contributed by atoms with van der Waals surface area (Å²) in [4.78, 5) is 0. The van der Waals surface area contributed by atoms with Crippen molar-refractivity contribution in [2.75, 3.05) is 18.6 Å². The van der Waals surface area contributed by atoms with E-state index in [9.17, 15) is 4.21 Å². The van der Waals surface area contributed by atoms with Crippen LogP contribution in [0, 0.1) is 6.92 Å². The van der Waals surface area contributed by atoms with Crippen molar-refractivity contribution >= 4 is 10.8 Å². The van der Waals surface area contributed by atoms with Crippen LogP contribution in [0.15, 0.2) is 6.20 Å². The highest BCUT2D eigenvalue weighted by atomic mass is 32.2. The molecule has 0 spiro atoms. The number of aromatic nitrogens is 2. The lowest BCUT2D eigenvalue weighted by Gasteiger charge is -2.02. The van der Waals surface area contributed by atoms with Gasteiger partial charge in [-0.25, -0.2) is 0 Å². The topological polar surface area (TPSA) is 46.9 Å². The fourth-order valence-electron chi connectivity index (χ4n) is 1.16. The van der Waals surface area contributed by atoms with Gasteiger partial charge in [-0.2, -0.15) is 5.10 Å². The van der Waals surface area contributed by atoms with Crippen LogP contribution in [0.3, 0.4) is 0 Å². The maximum absolute atomic E-state index is 10.8. The second kappa shape index (κ2) is 5.26. The molecule has 0 amide bonds. The van der Waals surface area contributed by atoms with Crippen LogP contribution in [-0.4, -0.2) is 32.5 Å². The first-order valence-electron chi connectivity index (χ1n) is 4.59. The number of hydrogen-bond acceptors (Lipinski definition) is 3. The van der Waals surface area contributed by atoms with Gasteiger partial charge in [-0.15, -0.1) is 0 Å². The Morgan fingerprint density at radius 3 is 2.86 bits per heavy atom. The predicted molar refractivity (Wildman–Crippen MR) is 58.6 cm³/mol. The zero-order valence-corrected chi connectivity index (χ0v) is 9.73. The van der Waals surface area contributed by atoms with Gasteiger partial charge in [0, 0.05) is 54.2 Å². The Morgan fingerprint density at radius 2 is 2.36 bits per heavy atom. The zero-order valence-electron chi connectivity index (χ0n) is 8.91. The minimum absolute atomic E-state index is 0.707. The van der Waals surface area contributed by atoms with E-state index in [1.807, 2.05) is 24.9 Å². The number of rotatable bonds is 5. The van der Waals surface area contributed by atoms with Crippen LogP contribution >= 0.6 is 0 Å². The number of nitrogens with zero attached hydrogens (tertiary/aromatic N) is 2. The average molecular weight is 215 g/mol. The van der Waals surface area contributed by atoms with Crippen molar-refractivity contribution in [1.82, 2.24) is 15.1 Å². The summed E-state index contributed by atoms with van der Waals surface area (Å²) >= 11 is 0. The van der Waals surface area contributed by atoms with Crippen LogP contribution in [0.4, 0.5) is 0 Å². The molecule has 1 atom stereocenters. The summed E-state index contributed by atoms with van der Waals surface area (Å²) in [6, 6.07) is 0. The lowest BCUT2D eigenvalue weighted by molar-refractivity contribution is 0.675. The Labute approximate surface area is 87.2 Å². The summed E-state index contributed by atoms with van der Waals surface area (Å²) in [6.07, 6.45) is 3.59. The Balaban J connectivity index is 2.31. The van der Waals surface area contributed by atoms with Crippen LogP contribution < -0.4 is 5.32 Å². The van der Waals surface area contributed by atoms with Gasteiger partial charge in [0.2, 0.25) is 0 Å². The lowest BCUT2D eigenvalue weighted by atomic mass is 10.2. The van der Waals surface area contributed by atoms with Crippen molar-refractivity contribution in [3.05, 3.63) is 17.5 Å². The molecule has 14 heavy (non-hydrogen) atoms. The largest absolute Gasteiger partial charge is 0.312 e. The molecule has 0 saturated carbocycles. The SMILES string of the molecule is Cc1c(CNCCS(C)=O)cnn1C. The normalized spacial score (nSPS) is 13.1. The molecular formula is C9H17N3OS. The van der Waals surface area contributed by atoms with E-state index < -0.39 is 10.8 Å². The molecule has 0 saturated heterocycles. The lowest BCUT2D eigenvalue weighted by Crippen LogP contribution is -2.19. The van der Waals surface area contributed by atoms with E-state index in [0.29, 0.717) is 5.75 Å². The first-order valence-corrected chi connectivity index (χ1v) is 6.32. The second-order valence-corrected chi connectivity index (χ2v) is 4.89. The highest BCUT2D eigenvalue weighted by molar-refractivity contribution is 7.84. The van der Waals surface area contributed by atoms with E-state index >= 15 is 0 Å². The molecule has 0 radical (unpaired) electrons. The molecule has 0 fully saturated rings. The number of nitrogens with one attached hydrogen (secondary N) is 1. The van der Waals surface area contributed by atoms with Gasteiger partial charge in [0.15, 0.2) is 0 Å². The van der Waals surface area contributed by atoms with E-state index in [1.165, 1.54) is 11.3 Å². The highest BCUT2D eigenvalue weighted by Crippen LogP contribution is 2.04. The molecule has 0 aliphatic heterocycles. The molecule has 1 aromatic rings.